The van der Waals surface area contributed by atoms with E-state index in [2.05, 4.69) is 21.5 Å². The summed E-state index contributed by atoms with van der Waals surface area (Å²) in [6, 6.07) is 9.83. The molecule has 7 nitrogen and oxygen atoms in total. The van der Waals surface area contributed by atoms with Crippen LogP contribution in [0.2, 0.25) is 0 Å². The van der Waals surface area contributed by atoms with Gasteiger partial charge in [0.15, 0.2) is 0 Å². The summed E-state index contributed by atoms with van der Waals surface area (Å²) in [5.41, 5.74) is 2.01. The van der Waals surface area contributed by atoms with Gasteiger partial charge in [0.25, 0.3) is 5.95 Å². The Hall–Kier alpha value is -3.22. The molecule has 5 rings (SSSR count). The van der Waals surface area contributed by atoms with Gasteiger partial charge in [0.05, 0.1) is 11.8 Å². The highest BCUT2D eigenvalue weighted by Crippen LogP contribution is 2.38. The number of rotatable bonds is 2. The first-order valence-corrected chi connectivity index (χ1v) is 9.13. The van der Waals surface area contributed by atoms with Crippen molar-refractivity contribution in [1.82, 2.24) is 14.8 Å². The molecule has 0 saturated carbocycles. The second kappa shape index (κ2) is 5.90. The van der Waals surface area contributed by atoms with Crippen molar-refractivity contribution in [3.05, 3.63) is 59.8 Å². The first-order chi connectivity index (χ1) is 13.1. The molecule has 2 amide bonds. The van der Waals surface area contributed by atoms with Crippen molar-refractivity contribution in [2.75, 3.05) is 10.2 Å². The van der Waals surface area contributed by atoms with Crippen LogP contribution in [0, 0.1) is 11.8 Å². The molecular weight excluding hydrogens is 342 g/mol. The highest BCUT2D eigenvalue weighted by molar-refractivity contribution is 6.21. The lowest BCUT2D eigenvalue weighted by Gasteiger charge is -2.22. The summed E-state index contributed by atoms with van der Waals surface area (Å²) >= 11 is 0. The van der Waals surface area contributed by atoms with Crippen LogP contribution in [0.5, 0.6) is 0 Å². The molecule has 1 aromatic carbocycles. The molecule has 0 unspecified atom stereocenters. The summed E-state index contributed by atoms with van der Waals surface area (Å²) in [5.74, 6) is -0.281. The third-order valence-corrected chi connectivity index (χ3v) is 5.45. The van der Waals surface area contributed by atoms with E-state index >= 15 is 0 Å². The zero-order valence-electron chi connectivity index (χ0n) is 14.9. The first kappa shape index (κ1) is 16.0. The normalized spacial score (nSPS) is 26.5. The third-order valence-electron chi connectivity index (χ3n) is 5.45. The van der Waals surface area contributed by atoms with Crippen LogP contribution in [-0.4, -0.2) is 26.6 Å². The Morgan fingerprint density at radius 2 is 1.70 bits per heavy atom. The molecule has 1 aromatic heterocycles. The molecule has 2 aromatic rings. The van der Waals surface area contributed by atoms with Crippen molar-refractivity contribution < 1.29 is 9.59 Å². The van der Waals surface area contributed by atoms with Crippen LogP contribution in [0.15, 0.2) is 54.3 Å². The monoisotopic (exact) mass is 361 g/mol. The molecule has 7 heteroatoms. The lowest BCUT2D eigenvalue weighted by molar-refractivity contribution is -0.122. The van der Waals surface area contributed by atoms with Crippen molar-refractivity contribution in [3.63, 3.8) is 0 Å². The lowest BCUT2D eigenvalue weighted by atomic mass is 9.85. The fraction of sp³-hybridized carbons (Fsp3) is 0.300. The standard InChI is InChI=1S/C20H19N5O2/c1-12-11-16(13-7-3-2-4-8-13)25-19(21-12)22-20(23-25)24-17(26)14-9-5-6-10-15(14)18(24)27/h2-8,11,14-16H,9-10H2,1H3,(H,21,22,23)/t14-,15-,16-/m1/s1. The van der Waals surface area contributed by atoms with E-state index in [9.17, 15) is 9.59 Å². The van der Waals surface area contributed by atoms with Crippen molar-refractivity contribution >= 4 is 23.7 Å². The Morgan fingerprint density at radius 1 is 1.04 bits per heavy atom. The van der Waals surface area contributed by atoms with Gasteiger partial charge in [-0.25, -0.2) is 9.58 Å². The van der Waals surface area contributed by atoms with E-state index in [0.29, 0.717) is 18.8 Å². The van der Waals surface area contributed by atoms with Gasteiger partial charge in [0.2, 0.25) is 17.8 Å². The number of amides is 2. The molecule has 3 aliphatic rings. The van der Waals surface area contributed by atoms with E-state index in [1.165, 1.54) is 4.90 Å². The molecule has 0 radical (unpaired) electrons. The van der Waals surface area contributed by atoms with Crippen molar-refractivity contribution in [2.45, 2.75) is 25.8 Å². The smallest absolute Gasteiger partial charge is 0.260 e. The predicted octanol–water partition coefficient (Wildman–Crippen LogP) is 2.65. The van der Waals surface area contributed by atoms with Gasteiger partial charge < -0.3 is 5.32 Å². The summed E-state index contributed by atoms with van der Waals surface area (Å²) in [4.78, 5) is 31.3. The molecule has 1 fully saturated rings. The highest BCUT2D eigenvalue weighted by Gasteiger charge is 2.49. The number of fused-ring (bicyclic) bond motifs is 2. The largest absolute Gasteiger partial charge is 0.329 e. The van der Waals surface area contributed by atoms with Crippen LogP contribution in [0.1, 0.15) is 31.4 Å². The van der Waals surface area contributed by atoms with E-state index in [1.54, 1.807) is 4.68 Å². The van der Waals surface area contributed by atoms with Gasteiger partial charge in [0.1, 0.15) is 6.04 Å². The number of aromatic nitrogens is 3. The molecular formula is C20H19N5O2. The molecule has 1 N–H and O–H groups in total. The van der Waals surface area contributed by atoms with Gasteiger partial charge >= 0.3 is 0 Å². The van der Waals surface area contributed by atoms with Gasteiger partial charge in [-0.15, -0.1) is 5.10 Å². The number of hydrogen-bond acceptors (Lipinski definition) is 5. The van der Waals surface area contributed by atoms with Crippen molar-refractivity contribution in [1.29, 1.82) is 0 Å². The first-order valence-electron chi connectivity index (χ1n) is 9.13. The zero-order chi connectivity index (χ0) is 18.5. The molecule has 3 heterocycles. The minimum Gasteiger partial charge on any atom is -0.329 e. The molecule has 1 aliphatic carbocycles. The Labute approximate surface area is 156 Å². The lowest BCUT2D eigenvalue weighted by Crippen LogP contribution is -2.32. The van der Waals surface area contributed by atoms with Crippen LogP contribution in [0.25, 0.3) is 0 Å². The number of allylic oxidation sites excluding steroid dienone is 4. The third kappa shape index (κ3) is 2.42. The van der Waals surface area contributed by atoms with Crippen LogP contribution < -0.4 is 10.2 Å². The van der Waals surface area contributed by atoms with Gasteiger partial charge in [-0.2, -0.15) is 4.98 Å². The van der Waals surface area contributed by atoms with Crippen LogP contribution in [-0.2, 0) is 9.59 Å². The minimum atomic E-state index is -0.291. The topological polar surface area (TPSA) is 80.1 Å². The zero-order valence-corrected chi connectivity index (χ0v) is 14.9. The highest BCUT2D eigenvalue weighted by atomic mass is 16.2. The molecule has 27 heavy (non-hydrogen) atoms. The summed E-state index contributed by atoms with van der Waals surface area (Å²) < 4.78 is 1.73. The minimum absolute atomic E-state index is 0.138. The summed E-state index contributed by atoms with van der Waals surface area (Å²) in [7, 11) is 0. The maximum absolute atomic E-state index is 12.8. The molecule has 3 atom stereocenters. The number of benzene rings is 1. The van der Waals surface area contributed by atoms with Crippen molar-refractivity contribution in [2.24, 2.45) is 11.8 Å². The number of anilines is 2. The van der Waals surface area contributed by atoms with E-state index < -0.39 is 0 Å². The fourth-order valence-electron chi connectivity index (χ4n) is 4.10. The predicted molar refractivity (Wildman–Crippen MR) is 99.8 cm³/mol. The summed E-state index contributed by atoms with van der Waals surface area (Å²) in [6.07, 6.45) is 7.21. The maximum Gasteiger partial charge on any atom is 0.260 e. The Kier molecular flexibility index (Phi) is 3.50. The van der Waals surface area contributed by atoms with E-state index in [0.717, 1.165) is 11.3 Å². The maximum atomic E-state index is 12.8. The van der Waals surface area contributed by atoms with Crippen molar-refractivity contribution in [3.8, 4) is 0 Å². The molecule has 1 saturated heterocycles. The summed E-state index contributed by atoms with van der Waals surface area (Å²) in [6.45, 7) is 1.96. The van der Waals surface area contributed by atoms with Gasteiger partial charge in [-0.3, -0.25) is 9.59 Å². The van der Waals surface area contributed by atoms with Gasteiger partial charge in [-0.1, -0.05) is 42.5 Å². The number of hydrogen-bond donors (Lipinski definition) is 1. The quantitative estimate of drug-likeness (QED) is 0.657. The number of imide groups is 1. The Balaban J connectivity index is 1.54. The Bertz CT molecular complexity index is 965. The van der Waals surface area contributed by atoms with Gasteiger partial charge in [-0.05, 0) is 31.4 Å². The fourth-order valence-corrected chi connectivity index (χ4v) is 4.10. The second-order valence-electron chi connectivity index (χ2n) is 7.18. The average Bonchev–Trinajstić information content (AvgIpc) is 3.21. The van der Waals surface area contributed by atoms with E-state index in [4.69, 9.17) is 0 Å². The van der Waals surface area contributed by atoms with Gasteiger partial charge in [0, 0.05) is 5.70 Å². The van der Waals surface area contributed by atoms with Crippen LogP contribution in [0.4, 0.5) is 11.9 Å². The molecule has 0 spiro atoms. The van der Waals surface area contributed by atoms with Crippen LogP contribution >= 0.6 is 0 Å². The number of carbonyl (C=O) groups excluding carboxylic acids is 2. The number of nitrogens with one attached hydrogen (secondary N) is 1. The average molecular weight is 361 g/mol. The number of nitrogens with zero attached hydrogens (tertiary/aromatic N) is 4. The second-order valence-corrected chi connectivity index (χ2v) is 7.18. The summed E-state index contributed by atoms with van der Waals surface area (Å²) in [5, 5.41) is 7.73. The SMILES string of the molecule is CC1=C[C@H](c2ccccc2)n2nc(N3C(=O)[C@@H]4CC=CC[C@H]4C3=O)nc2N1. The van der Waals surface area contributed by atoms with E-state index in [1.807, 2.05) is 49.4 Å². The van der Waals surface area contributed by atoms with E-state index in [-0.39, 0.29) is 35.6 Å². The number of carbonyl (C=O) groups is 2. The van der Waals surface area contributed by atoms with Crippen LogP contribution in [0.3, 0.4) is 0 Å². The molecule has 0 bridgehead atoms. The molecule has 136 valence electrons. The Morgan fingerprint density at radius 3 is 2.37 bits per heavy atom. The molecule has 2 aliphatic heterocycles.